The SMILES string of the molecule is CCOC(=O)CCCNC(=O)/C=C\c1ccc(C)o1. The van der Waals surface area contributed by atoms with Gasteiger partial charge in [-0.05, 0) is 38.5 Å². The molecule has 0 aliphatic carbocycles. The number of carbonyl (C=O) groups excluding carboxylic acids is 2. The van der Waals surface area contributed by atoms with Crippen LogP contribution < -0.4 is 5.32 Å². The van der Waals surface area contributed by atoms with Crippen molar-refractivity contribution in [3.05, 3.63) is 29.7 Å². The second-order valence-electron chi connectivity index (χ2n) is 3.98. The van der Waals surface area contributed by atoms with Gasteiger partial charge in [-0.2, -0.15) is 0 Å². The largest absolute Gasteiger partial charge is 0.466 e. The normalized spacial score (nSPS) is 10.6. The first kappa shape index (κ1) is 15.0. The van der Waals surface area contributed by atoms with Gasteiger partial charge in [0, 0.05) is 19.0 Å². The molecule has 1 amide bonds. The maximum Gasteiger partial charge on any atom is 0.305 e. The number of hydrogen-bond donors (Lipinski definition) is 1. The summed E-state index contributed by atoms with van der Waals surface area (Å²) >= 11 is 0. The van der Waals surface area contributed by atoms with Crippen LogP contribution in [0.2, 0.25) is 0 Å². The number of hydrogen-bond acceptors (Lipinski definition) is 4. The number of esters is 1. The van der Waals surface area contributed by atoms with E-state index in [2.05, 4.69) is 5.32 Å². The molecule has 0 aromatic carbocycles. The summed E-state index contributed by atoms with van der Waals surface area (Å²) in [5, 5.41) is 2.68. The Labute approximate surface area is 112 Å². The highest BCUT2D eigenvalue weighted by atomic mass is 16.5. The van der Waals surface area contributed by atoms with Gasteiger partial charge >= 0.3 is 5.97 Å². The quantitative estimate of drug-likeness (QED) is 0.465. The molecular formula is C14H19NO4. The van der Waals surface area contributed by atoms with Gasteiger partial charge in [0.25, 0.3) is 0 Å². The highest BCUT2D eigenvalue weighted by Gasteiger charge is 2.01. The Kier molecular flexibility index (Phi) is 6.43. The topological polar surface area (TPSA) is 68.5 Å². The van der Waals surface area contributed by atoms with E-state index in [1.807, 2.05) is 13.0 Å². The lowest BCUT2D eigenvalue weighted by molar-refractivity contribution is -0.143. The Morgan fingerprint density at radius 2 is 2.21 bits per heavy atom. The average molecular weight is 265 g/mol. The standard InChI is InChI=1S/C14H19NO4/c1-3-18-14(17)5-4-10-15-13(16)9-8-12-7-6-11(2)19-12/h6-9H,3-5,10H2,1-2H3,(H,15,16)/b9-8-. The summed E-state index contributed by atoms with van der Waals surface area (Å²) < 4.78 is 10.1. The fourth-order valence-corrected chi connectivity index (χ4v) is 1.44. The van der Waals surface area contributed by atoms with Crippen LogP contribution in [0.1, 0.15) is 31.3 Å². The van der Waals surface area contributed by atoms with Gasteiger partial charge in [0.1, 0.15) is 11.5 Å². The van der Waals surface area contributed by atoms with Gasteiger partial charge in [-0.1, -0.05) is 0 Å². The summed E-state index contributed by atoms with van der Waals surface area (Å²) in [6, 6.07) is 3.62. The molecule has 0 atom stereocenters. The van der Waals surface area contributed by atoms with E-state index < -0.39 is 0 Å². The molecule has 0 saturated heterocycles. The van der Waals surface area contributed by atoms with Gasteiger partial charge in [-0.25, -0.2) is 0 Å². The van der Waals surface area contributed by atoms with E-state index in [1.165, 1.54) is 6.08 Å². The molecule has 0 unspecified atom stereocenters. The minimum atomic E-state index is -0.238. The zero-order valence-corrected chi connectivity index (χ0v) is 11.3. The maximum absolute atomic E-state index is 11.4. The van der Waals surface area contributed by atoms with Gasteiger partial charge in [0.05, 0.1) is 6.61 Å². The number of amides is 1. The molecule has 1 N–H and O–H groups in total. The van der Waals surface area contributed by atoms with Crippen LogP contribution >= 0.6 is 0 Å². The zero-order valence-electron chi connectivity index (χ0n) is 11.3. The van der Waals surface area contributed by atoms with Gasteiger partial charge < -0.3 is 14.5 Å². The van der Waals surface area contributed by atoms with Crippen molar-refractivity contribution >= 4 is 18.0 Å². The van der Waals surface area contributed by atoms with E-state index >= 15 is 0 Å². The summed E-state index contributed by atoms with van der Waals surface area (Å²) in [5.74, 6) is 0.991. The number of carbonyl (C=O) groups is 2. The molecule has 0 saturated carbocycles. The Morgan fingerprint density at radius 3 is 2.84 bits per heavy atom. The molecule has 1 aromatic heterocycles. The summed E-state index contributed by atoms with van der Waals surface area (Å²) in [6.07, 6.45) is 3.89. The van der Waals surface area contributed by atoms with Crippen LogP contribution in [0.4, 0.5) is 0 Å². The fourth-order valence-electron chi connectivity index (χ4n) is 1.44. The lowest BCUT2D eigenvalue weighted by Crippen LogP contribution is -2.22. The van der Waals surface area contributed by atoms with E-state index in [1.54, 1.807) is 19.1 Å². The molecular weight excluding hydrogens is 246 g/mol. The molecule has 0 spiro atoms. The third-order valence-corrected chi connectivity index (χ3v) is 2.32. The number of nitrogens with one attached hydrogen (secondary N) is 1. The molecule has 5 nitrogen and oxygen atoms in total. The Hall–Kier alpha value is -2.04. The van der Waals surface area contributed by atoms with Crippen LogP contribution in [0.5, 0.6) is 0 Å². The molecule has 1 rings (SSSR count). The van der Waals surface area contributed by atoms with Crippen molar-refractivity contribution < 1.29 is 18.7 Å². The predicted molar refractivity (Wildman–Crippen MR) is 71.4 cm³/mol. The van der Waals surface area contributed by atoms with Gasteiger partial charge in [-0.15, -0.1) is 0 Å². The van der Waals surface area contributed by atoms with Crippen LogP contribution in [0.25, 0.3) is 6.08 Å². The molecule has 0 fully saturated rings. The predicted octanol–water partition coefficient (Wildman–Crippen LogP) is 2.06. The lowest BCUT2D eigenvalue weighted by Gasteiger charge is -2.02. The van der Waals surface area contributed by atoms with Crippen molar-refractivity contribution in [2.24, 2.45) is 0 Å². The molecule has 1 heterocycles. The van der Waals surface area contributed by atoms with Gasteiger partial charge in [0.2, 0.25) is 5.91 Å². The first-order chi connectivity index (χ1) is 9.11. The van der Waals surface area contributed by atoms with Crippen molar-refractivity contribution in [3.8, 4) is 0 Å². The van der Waals surface area contributed by atoms with Crippen molar-refractivity contribution in [1.29, 1.82) is 0 Å². The zero-order chi connectivity index (χ0) is 14.1. The summed E-state index contributed by atoms with van der Waals surface area (Å²) in [5.41, 5.74) is 0. The van der Waals surface area contributed by atoms with Gasteiger partial charge in [-0.3, -0.25) is 9.59 Å². The van der Waals surface area contributed by atoms with Crippen LogP contribution in [-0.2, 0) is 14.3 Å². The lowest BCUT2D eigenvalue weighted by atomic mass is 10.3. The van der Waals surface area contributed by atoms with Gasteiger partial charge in [0.15, 0.2) is 0 Å². The smallest absolute Gasteiger partial charge is 0.305 e. The number of furan rings is 1. The molecule has 1 aromatic rings. The van der Waals surface area contributed by atoms with Crippen LogP contribution in [-0.4, -0.2) is 25.0 Å². The highest BCUT2D eigenvalue weighted by molar-refractivity contribution is 5.91. The Morgan fingerprint density at radius 1 is 1.42 bits per heavy atom. The average Bonchev–Trinajstić information content (AvgIpc) is 2.78. The molecule has 0 aliphatic rings. The van der Waals surface area contributed by atoms with E-state index in [-0.39, 0.29) is 11.9 Å². The summed E-state index contributed by atoms with van der Waals surface area (Å²) in [6.45, 7) is 4.43. The van der Waals surface area contributed by atoms with Crippen LogP contribution in [0.3, 0.4) is 0 Å². The van der Waals surface area contributed by atoms with E-state index in [9.17, 15) is 9.59 Å². The number of aryl methyl sites for hydroxylation is 1. The second kappa shape index (κ2) is 8.13. The summed E-state index contributed by atoms with van der Waals surface area (Å²) in [4.78, 5) is 22.5. The maximum atomic E-state index is 11.4. The third kappa shape index (κ3) is 6.45. The molecule has 19 heavy (non-hydrogen) atoms. The number of rotatable bonds is 7. The third-order valence-electron chi connectivity index (χ3n) is 2.32. The summed E-state index contributed by atoms with van der Waals surface area (Å²) in [7, 11) is 0. The van der Waals surface area contributed by atoms with Crippen molar-refractivity contribution in [2.45, 2.75) is 26.7 Å². The van der Waals surface area contributed by atoms with Crippen LogP contribution in [0, 0.1) is 6.92 Å². The first-order valence-corrected chi connectivity index (χ1v) is 6.29. The van der Waals surface area contributed by atoms with Crippen molar-refractivity contribution in [3.63, 3.8) is 0 Å². The number of ether oxygens (including phenoxy) is 1. The monoisotopic (exact) mass is 265 g/mol. The Balaban J connectivity index is 2.18. The van der Waals surface area contributed by atoms with Crippen LogP contribution in [0.15, 0.2) is 22.6 Å². The molecule has 104 valence electrons. The molecule has 0 bridgehead atoms. The van der Waals surface area contributed by atoms with E-state index in [4.69, 9.17) is 9.15 Å². The first-order valence-electron chi connectivity index (χ1n) is 6.29. The van der Waals surface area contributed by atoms with Crippen molar-refractivity contribution in [2.75, 3.05) is 13.2 Å². The second-order valence-corrected chi connectivity index (χ2v) is 3.98. The minimum Gasteiger partial charge on any atom is -0.466 e. The van der Waals surface area contributed by atoms with E-state index in [0.29, 0.717) is 31.8 Å². The highest BCUT2D eigenvalue weighted by Crippen LogP contribution is 2.07. The fraction of sp³-hybridized carbons (Fsp3) is 0.429. The minimum absolute atomic E-state index is 0.210. The van der Waals surface area contributed by atoms with Crippen molar-refractivity contribution in [1.82, 2.24) is 5.32 Å². The van der Waals surface area contributed by atoms with E-state index in [0.717, 1.165) is 5.76 Å². The molecule has 0 radical (unpaired) electrons. The molecule has 0 aliphatic heterocycles. The molecule has 5 heteroatoms. The Bertz CT molecular complexity index is 448.